The van der Waals surface area contributed by atoms with Crippen molar-refractivity contribution in [2.45, 2.75) is 43.9 Å². The fraction of sp³-hybridized carbons (Fsp3) is 0.417. The summed E-state index contributed by atoms with van der Waals surface area (Å²) in [6.07, 6.45) is 7.64. The van der Waals surface area contributed by atoms with Gasteiger partial charge in [0.05, 0.1) is 17.3 Å². The maximum absolute atomic E-state index is 12.2. The predicted octanol–water partition coefficient (Wildman–Crippen LogP) is 4.24. The van der Waals surface area contributed by atoms with E-state index in [2.05, 4.69) is 45.5 Å². The molecule has 3 aromatic rings. The van der Waals surface area contributed by atoms with Crippen LogP contribution in [0.3, 0.4) is 0 Å². The van der Waals surface area contributed by atoms with Gasteiger partial charge in [-0.15, -0.1) is 11.3 Å². The summed E-state index contributed by atoms with van der Waals surface area (Å²) in [4.78, 5) is 20.2. The van der Waals surface area contributed by atoms with Crippen molar-refractivity contribution in [2.75, 3.05) is 19.6 Å². The third-order valence-electron chi connectivity index (χ3n) is 6.38. The fourth-order valence-corrected chi connectivity index (χ4v) is 5.77. The van der Waals surface area contributed by atoms with Crippen LogP contribution in [0.15, 0.2) is 54.9 Å². The maximum Gasteiger partial charge on any atom is 0.252 e. The van der Waals surface area contributed by atoms with Crippen LogP contribution in [0, 0.1) is 0 Å². The van der Waals surface area contributed by atoms with Gasteiger partial charge in [0.25, 0.3) is 5.91 Å². The molecule has 1 atom stereocenters. The smallest absolute Gasteiger partial charge is 0.252 e. The number of ether oxygens (including phenoxy) is 1. The second-order valence-electron chi connectivity index (χ2n) is 8.44. The van der Waals surface area contributed by atoms with E-state index in [1.165, 1.54) is 15.0 Å². The number of aromatic nitrogens is 1. The molecule has 6 heteroatoms. The fourth-order valence-electron chi connectivity index (χ4n) is 4.67. The van der Waals surface area contributed by atoms with Crippen molar-refractivity contribution in [1.82, 2.24) is 15.2 Å². The molecule has 30 heavy (non-hydrogen) atoms. The number of rotatable bonds is 5. The van der Waals surface area contributed by atoms with E-state index in [9.17, 15) is 4.79 Å². The zero-order valence-electron chi connectivity index (χ0n) is 17.0. The van der Waals surface area contributed by atoms with Crippen LogP contribution in [-0.2, 0) is 11.3 Å². The monoisotopic (exact) mass is 421 g/mol. The van der Waals surface area contributed by atoms with E-state index in [4.69, 9.17) is 4.74 Å². The van der Waals surface area contributed by atoms with Gasteiger partial charge in [0.2, 0.25) is 0 Å². The average Bonchev–Trinajstić information content (AvgIpc) is 3.38. The molecule has 1 amide bonds. The van der Waals surface area contributed by atoms with Gasteiger partial charge in [-0.05, 0) is 55.3 Å². The topological polar surface area (TPSA) is 54.5 Å². The van der Waals surface area contributed by atoms with E-state index < -0.39 is 0 Å². The Balaban J connectivity index is 1.10. The zero-order valence-corrected chi connectivity index (χ0v) is 17.9. The van der Waals surface area contributed by atoms with Crippen molar-refractivity contribution in [3.05, 3.63) is 65.3 Å². The molecule has 2 aromatic heterocycles. The van der Waals surface area contributed by atoms with Crippen LogP contribution >= 0.6 is 11.3 Å². The Morgan fingerprint density at radius 3 is 2.87 bits per heavy atom. The molecule has 1 spiro atoms. The molecule has 5 nitrogen and oxygen atoms in total. The zero-order chi connectivity index (χ0) is 20.4. The third kappa shape index (κ3) is 4.26. The quantitative estimate of drug-likeness (QED) is 0.670. The summed E-state index contributed by atoms with van der Waals surface area (Å²) in [5.74, 6) is -0.0780. The molecular weight excluding hydrogens is 394 g/mol. The van der Waals surface area contributed by atoms with Gasteiger partial charge in [-0.3, -0.25) is 14.7 Å². The van der Waals surface area contributed by atoms with Gasteiger partial charge in [0.15, 0.2) is 0 Å². The average molecular weight is 422 g/mol. The van der Waals surface area contributed by atoms with Crippen LogP contribution < -0.4 is 5.32 Å². The van der Waals surface area contributed by atoms with Crippen LogP contribution in [0.4, 0.5) is 0 Å². The molecule has 0 radical (unpaired) electrons. The normalized spacial score (nSPS) is 21.3. The summed E-state index contributed by atoms with van der Waals surface area (Å²) in [6.45, 7) is 3.74. The van der Waals surface area contributed by atoms with E-state index in [0.717, 1.165) is 45.3 Å². The first-order valence-electron chi connectivity index (χ1n) is 10.8. The minimum absolute atomic E-state index is 0.000357. The largest absolute Gasteiger partial charge is 0.370 e. The molecule has 0 saturated carbocycles. The number of carbonyl (C=O) groups is 1. The molecule has 0 aliphatic carbocycles. The number of fused-ring (bicyclic) bond motifs is 1. The number of nitrogens with one attached hydrogen (secondary N) is 1. The number of nitrogens with zero attached hydrogens (tertiary/aromatic N) is 2. The number of hydrogen-bond donors (Lipinski definition) is 1. The van der Waals surface area contributed by atoms with Crippen molar-refractivity contribution < 1.29 is 9.53 Å². The van der Waals surface area contributed by atoms with E-state index in [0.29, 0.717) is 12.1 Å². The third-order valence-corrected chi connectivity index (χ3v) is 7.48. The van der Waals surface area contributed by atoms with Crippen LogP contribution in [-0.4, -0.2) is 47.1 Å². The van der Waals surface area contributed by atoms with Gasteiger partial charge in [-0.2, -0.15) is 0 Å². The second-order valence-corrected chi connectivity index (χ2v) is 9.61. The highest BCUT2D eigenvalue weighted by Crippen LogP contribution is 2.39. The minimum atomic E-state index is -0.0780. The molecule has 0 bridgehead atoms. The lowest BCUT2D eigenvalue weighted by Crippen LogP contribution is -2.44. The SMILES string of the molecule is O=C(NCC1CCC2(CCN(Cc3cc4ccccc4s3)CC2)O1)c1cccnc1. The molecule has 2 saturated heterocycles. The molecule has 2 aliphatic rings. The summed E-state index contributed by atoms with van der Waals surface area (Å²) in [7, 11) is 0. The van der Waals surface area contributed by atoms with E-state index in [1.54, 1.807) is 24.5 Å². The predicted molar refractivity (Wildman–Crippen MR) is 120 cm³/mol. The van der Waals surface area contributed by atoms with Crippen LogP contribution in [0.2, 0.25) is 0 Å². The Kier molecular flexibility index (Phi) is 5.54. The number of carbonyl (C=O) groups excluding carboxylic acids is 1. The van der Waals surface area contributed by atoms with Crippen molar-refractivity contribution in [3.8, 4) is 0 Å². The minimum Gasteiger partial charge on any atom is -0.370 e. The summed E-state index contributed by atoms with van der Waals surface area (Å²) in [6, 6.07) is 14.5. The Labute approximate surface area is 181 Å². The van der Waals surface area contributed by atoms with Gasteiger partial charge in [-0.1, -0.05) is 18.2 Å². The van der Waals surface area contributed by atoms with Crippen molar-refractivity contribution in [1.29, 1.82) is 0 Å². The number of benzene rings is 1. The van der Waals surface area contributed by atoms with Crippen molar-refractivity contribution in [3.63, 3.8) is 0 Å². The van der Waals surface area contributed by atoms with E-state index in [1.807, 2.05) is 11.3 Å². The highest BCUT2D eigenvalue weighted by molar-refractivity contribution is 7.19. The molecule has 1 N–H and O–H groups in total. The summed E-state index contributed by atoms with van der Waals surface area (Å²) in [5.41, 5.74) is 0.597. The Morgan fingerprint density at radius 1 is 1.20 bits per heavy atom. The van der Waals surface area contributed by atoms with Gasteiger partial charge < -0.3 is 10.1 Å². The lowest BCUT2D eigenvalue weighted by atomic mass is 9.88. The second kappa shape index (κ2) is 8.46. The lowest BCUT2D eigenvalue weighted by Gasteiger charge is -2.39. The van der Waals surface area contributed by atoms with Gasteiger partial charge in [-0.25, -0.2) is 0 Å². The molecular formula is C24H27N3O2S. The number of amides is 1. The van der Waals surface area contributed by atoms with Crippen molar-refractivity contribution in [2.24, 2.45) is 0 Å². The number of likely N-dealkylation sites (tertiary alicyclic amines) is 1. The Bertz CT molecular complexity index is 978. The molecule has 1 unspecified atom stereocenters. The molecule has 1 aromatic carbocycles. The van der Waals surface area contributed by atoms with Gasteiger partial charge in [0.1, 0.15) is 0 Å². The number of piperidine rings is 1. The van der Waals surface area contributed by atoms with Crippen LogP contribution in [0.5, 0.6) is 0 Å². The Morgan fingerprint density at radius 2 is 2.07 bits per heavy atom. The number of pyridine rings is 1. The summed E-state index contributed by atoms with van der Waals surface area (Å²) < 4.78 is 7.84. The standard InChI is InChI=1S/C24H27N3O2S/c28-23(19-5-3-11-25-15-19)26-16-20-7-8-24(29-20)9-12-27(13-10-24)17-21-14-18-4-1-2-6-22(18)30-21/h1-6,11,14-15,20H,7-10,12-13,16-17H2,(H,26,28). The van der Waals surface area contributed by atoms with Gasteiger partial charge >= 0.3 is 0 Å². The molecule has 2 aliphatic heterocycles. The molecule has 156 valence electrons. The van der Waals surface area contributed by atoms with Crippen molar-refractivity contribution >= 4 is 27.3 Å². The highest BCUT2D eigenvalue weighted by atomic mass is 32.1. The summed E-state index contributed by atoms with van der Waals surface area (Å²) >= 11 is 1.90. The lowest BCUT2D eigenvalue weighted by molar-refractivity contribution is -0.0763. The van der Waals surface area contributed by atoms with E-state index >= 15 is 0 Å². The number of thiophene rings is 1. The van der Waals surface area contributed by atoms with Crippen LogP contribution in [0.1, 0.15) is 40.9 Å². The van der Waals surface area contributed by atoms with Crippen LogP contribution in [0.25, 0.3) is 10.1 Å². The Hall–Kier alpha value is -2.28. The van der Waals surface area contributed by atoms with E-state index in [-0.39, 0.29) is 17.6 Å². The number of hydrogen-bond acceptors (Lipinski definition) is 5. The molecule has 2 fully saturated rings. The first-order valence-corrected chi connectivity index (χ1v) is 11.6. The maximum atomic E-state index is 12.2. The first-order chi connectivity index (χ1) is 14.7. The van der Waals surface area contributed by atoms with Gasteiger partial charge in [0, 0.05) is 48.1 Å². The highest BCUT2D eigenvalue weighted by Gasteiger charge is 2.42. The molecule has 4 heterocycles. The molecule has 5 rings (SSSR count). The summed E-state index contributed by atoms with van der Waals surface area (Å²) in [5, 5.41) is 4.35. The first kappa shape index (κ1) is 19.7.